The van der Waals surface area contributed by atoms with Gasteiger partial charge in [0.05, 0.1) is 4.90 Å². The van der Waals surface area contributed by atoms with Crippen LogP contribution >= 0.6 is 0 Å². The first-order chi connectivity index (χ1) is 6.81. The Kier molecular flexibility index (Phi) is 3.18. The van der Waals surface area contributed by atoms with Gasteiger partial charge < -0.3 is 11.5 Å². The van der Waals surface area contributed by atoms with Crippen LogP contribution < -0.4 is 11.5 Å². The maximum Gasteiger partial charge on any atom is 0.210 e. The average Bonchev–Trinajstić information content (AvgIpc) is 2.18. The van der Waals surface area contributed by atoms with Gasteiger partial charge in [0, 0.05) is 0 Å². The summed E-state index contributed by atoms with van der Waals surface area (Å²) in [6, 6.07) is 6.49. The molecule has 1 aromatic rings. The molecule has 0 atom stereocenters. The zero-order valence-electron chi connectivity index (χ0n) is 8.90. The highest BCUT2D eigenvalue weighted by Crippen LogP contribution is 2.20. The van der Waals surface area contributed by atoms with Gasteiger partial charge in [-0.1, -0.05) is 24.6 Å². The number of hydrogen-bond donors (Lipinski definition) is 2. The van der Waals surface area contributed by atoms with Crippen molar-refractivity contribution in [3.8, 4) is 0 Å². The van der Waals surface area contributed by atoms with E-state index in [1.807, 2.05) is 6.92 Å². The predicted octanol–water partition coefficient (Wildman–Crippen LogP) is 0.750. The third-order valence-corrected chi connectivity index (χ3v) is 4.57. The summed E-state index contributed by atoms with van der Waals surface area (Å²) in [4.78, 5) is -1.53. The fourth-order valence-electron chi connectivity index (χ4n) is 1.13. The van der Waals surface area contributed by atoms with Gasteiger partial charge in [0.25, 0.3) is 0 Å². The predicted molar refractivity (Wildman–Crippen MR) is 59.8 cm³/mol. The second-order valence-corrected chi connectivity index (χ2v) is 5.86. The number of aryl methyl sites for hydroxylation is 1. The zero-order valence-corrected chi connectivity index (χ0v) is 9.71. The highest BCUT2D eigenvalue weighted by atomic mass is 32.2. The van der Waals surface area contributed by atoms with E-state index in [1.54, 1.807) is 19.1 Å². The van der Waals surface area contributed by atoms with E-state index in [2.05, 4.69) is 0 Å². The van der Waals surface area contributed by atoms with Crippen molar-refractivity contribution >= 4 is 9.84 Å². The average molecular weight is 228 g/mol. The van der Waals surface area contributed by atoms with Gasteiger partial charge in [0.15, 0.2) is 4.99 Å². The Bertz CT molecular complexity index is 435. The molecule has 0 heterocycles. The molecule has 0 aliphatic heterocycles. The molecule has 5 heteroatoms. The maximum absolute atomic E-state index is 11.9. The topological polar surface area (TPSA) is 86.2 Å². The van der Waals surface area contributed by atoms with E-state index in [9.17, 15) is 8.42 Å². The van der Waals surface area contributed by atoms with Crippen molar-refractivity contribution in [1.82, 2.24) is 0 Å². The van der Waals surface area contributed by atoms with Crippen molar-refractivity contribution in [3.05, 3.63) is 29.8 Å². The van der Waals surface area contributed by atoms with Crippen molar-refractivity contribution in [1.29, 1.82) is 0 Å². The van der Waals surface area contributed by atoms with E-state index >= 15 is 0 Å². The molecule has 0 bridgehead atoms. The summed E-state index contributed by atoms with van der Waals surface area (Å²) < 4.78 is 23.9. The standard InChI is InChI=1S/C10H16N2O2S/c1-3-10(11,12)15(13,14)9-6-4-8(2)5-7-9/h4-7H,3,11-12H2,1-2H3. The monoisotopic (exact) mass is 228 g/mol. The second kappa shape index (κ2) is 3.92. The second-order valence-electron chi connectivity index (χ2n) is 3.62. The molecule has 0 aliphatic carbocycles. The molecular formula is C10H16N2O2S. The third-order valence-electron chi connectivity index (χ3n) is 2.38. The van der Waals surface area contributed by atoms with Crippen LogP contribution in [0.1, 0.15) is 18.9 Å². The Labute approximate surface area is 90.2 Å². The molecule has 0 aliphatic rings. The van der Waals surface area contributed by atoms with Crippen molar-refractivity contribution in [2.75, 3.05) is 0 Å². The van der Waals surface area contributed by atoms with Gasteiger partial charge in [-0.25, -0.2) is 8.42 Å². The summed E-state index contributed by atoms with van der Waals surface area (Å²) in [7, 11) is -3.65. The summed E-state index contributed by atoms with van der Waals surface area (Å²) in [6.45, 7) is 3.53. The molecule has 0 saturated heterocycles. The van der Waals surface area contributed by atoms with Crippen LogP contribution in [-0.4, -0.2) is 13.4 Å². The first-order valence-corrected chi connectivity index (χ1v) is 6.18. The van der Waals surface area contributed by atoms with Gasteiger partial charge in [-0.05, 0) is 25.5 Å². The quantitative estimate of drug-likeness (QED) is 0.747. The molecule has 0 radical (unpaired) electrons. The van der Waals surface area contributed by atoms with Crippen LogP contribution in [0.3, 0.4) is 0 Å². The first kappa shape index (κ1) is 12.2. The fraction of sp³-hybridized carbons (Fsp3) is 0.400. The molecule has 0 spiro atoms. The van der Waals surface area contributed by atoms with Crippen LogP contribution in [0.5, 0.6) is 0 Å². The largest absolute Gasteiger partial charge is 0.300 e. The lowest BCUT2D eigenvalue weighted by atomic mass is 10.2. The zero-order chi connectivity index (χ0) is 11.7. The Morgan fingerprint density at radius 3 is 2.07 bits per heavy atom. The van der Waals surface area contributed by atoms with Crippen molar-refractivity contribution in [2.45, 2.75) is 30.2 Å². The molecule has 0 unspecified atom stereocenters. The molecule has 4 N–H and O–H groups in total. The Morgan fingerprint density at radius 2 is 1.67 bits per heavy atom. The molecule has 0 saturated carbocycles. The molecule has 0 amide bonds. The van der Waals surface area contributed by atoms with E-state index < -0.39 is 14.8 Å². The van der Waals surface area contributed by atoms with Crippen LogP contribution in [0, 0.1) is 6.92 Å². The van der Waals surface area contributed by atoms with Gasteiger partial charge in [0.1, 0.15) is 0 Å². The van der Waals surface area contributed by atoms with E-state index in [-0.39, 0.29) is 11.3 Å². The van der Waals surface area contributed by atoms with Gasteiger partial charge in [-0.15, -0.1) is 0 Å². The lowest BCUT2D eigenvalue weighted by Crippen LogP contribution is -2.55. The number of sulfone groups is 1. The highest BCUT2D eigenvalue weighted by Gasteiger charge is 2.35. The molecule has 1 rings (SSSR count). The third kappa shape index (κ3) is 2.19. The smallest absolute Gasteiger partial charge is 0.210 e. The lowest BCUT2D eigenvalue weighted by Gasteiger charge is -2.22. The van der Waals surface area contributed by atoms with Crippen LogP contribution in [0.2, 0.25) is 0 Å². The summed E-state index contributed by atoms with van der Waals surface area (Å²) in [5.41, 5.74) is 12.1. The Balaban J connectivity index is 3.24. The van der Waals surface area contributed by atoms with Crippen molar-refractivity contribution in [2.24, 2.45) is 11.5 Å². The number of benzene rings is 1. The maximum atomic E-state index is 11.9. The number of rotatable bonds is 3. The molecule has 0 fully saturated rings. The molecule has 0 aromatic heterocycles. The fourth-order valence-corrected chi connectivity index (χ4v) is 2.44. The SMILES string of the molecule is CCC(N)(N)S(=O)(=O)c1ccc(C)cc1. The first-order valence-electron chi connectivity index (χ1n) is 4.70. The van der Waals surface area contributed by atoms with E-state index in [4.69, 9.17) is 11.5 Å². The van der Waals surface area contributed by atoms with Crippen molar-refractivity contribution < 1.29 is 8.42 Å². The number of nitrogens with two attached hydrogens (primary N) is 2. The minimum Gasteiger partial charge on any atom is -0.300 e. The Hall–Kier alpha value is -0.910. The van der Waals surface area contributed by atoms with Gasteiger partial charge in [-0.2, -0.15) is 0 Å². The minimum absolute atomic E-state index is 0.167. The number of hydrogen-bond acceptors (Lipinski definition) is 4. The van der Waals surface area contributed by atoms with Gasteiger partial charge >= 0.3 is 0 Å². The normalized spacial score (nSPS) is 12.8. The lowest BCUT2D eigenvalue weighted by molar-refractivity contribution is 0.513. The van der Waals surface area contributed by atoms with Crippen molar-refractivity contribution in [3.63, 3.8) is 0 Å². The molecule has 84 valence electrons. The summed E-state index contributed by atoms with van der Waals surface area (Å²) in [5.74, 6) is 0. The Morgan fingerprint density at radius 1 is 1.20 bits per heavy atom. The minimum atomic E-state index is -3.65. The summed E-state index contributed by atoms with van der Waals surface area (Å²) in [6.07, 6.45) is 0.170. The van der Waals surface area contributed by atoms with E-state index in [0.717, 1.165) is 5.56 Å². The van der Waals surface area contributed by atoms with Crippen LogP contribution in [0.4, 0.5) is 0 Å². The van der Waals surface area contributed by atoms with Crippen LogP contribution in [0.15, 0.2) is 29.2 Å². The van der Waals surface area contributed by atoms with Gasteiger partial charge in [-0.3, -0.25) is 0 Å². The molecular weight excluding hydrogens is 212 g/mol. The van der Waals surface area contributed by atoms with E-state index in [0.29, 0.717) is 0 Å². The molecule has 15 heavy (non-hydrogen) atoms. The van der Waals surface area contributed by atoms with Gasteiger partial charge in [0.2, 0.25) is 9.84 Å². The van der Waals surface area contributed by atoms with Crippen LogP contribution in [-0.2, 0) is 9.84 Å². The van der Waals surface area contributed by atoms with Crippen LogP contribution in [0.25, 0.3) is 0 Å². The molecule has 1 aromatic carbocycles. The summed E-state index contributed by atoms with van der Waals surface area (Å²) in [5, 5.41) is 0. The summed E-state index contributed by atoms with van der Waals surface area (Å²) >= 11 is 0. The van der Waals surface area contributed by atoms with E-state index in [1.165, 1.54) is 12.1 Å². The molecule has 4 nitrogen and oxygen atoms in total. The highest BCUT2D eigenvalue weighted by molar-refractivity contribution is 7.92.